The van der Waals surface area contributed by atoms with E-state index >= 15 is 0 Å². The van der Waals surface area contributed by atoms with Gasteiger partial charge in [0.25, 0.3) is 0 Å². The monoisotopic (exact) mass is 344 g/mol. The number of carbonyl (C=O) groups is 1. The molecular formula is C18H20N2O3S. The molecule has 1 heterocycles. The van der Waals surface area contributed by atoms with Crippen LogP contribution in [0.15, 0.2) is 54.6 Å². The van der Waals surface area contributed by atoms with E-state index in [1.807, 2.05) is 54.6 Å². The minimum absolute atomic E-state index is 0.0633. The molecule has 1 aliphatic heterocycles. The molecule has 0 saturated carbocycles. The Labute approximate surface area is 142 Å². The fourth-order valence-corrected chi connectivity index (χ4v) is 3.70. The van der Waals surface area contributed by atoms with E-state index in [0.717, 1.165) is 21.1 Å². The topological polar surface area (TPSA) is 57.7 Å². The summed E-state index contributed by atoms with van der Waals surface area (Å²) in [7, 11) is -0.702. The lowest BCUT2D eigenvalue weighted by Crippen LogP contribution is -2.38. The molecule has 0 saturated heterocycles. The fourth-order valence-electron chi connectivity index (χ4n) is 2.98. The van der Waals surface area contributed by atoms with Crippen molar-refractivity contribution in [1.82, 2.24) is 4.31 Å². The summed E-state index contributed by atoms with van der Waals surface area (Å²) in [6.45, 7) is 0.463. The van der Waals surface area contributed by atoms with Crippen LogP contribution < -0.4 is 4.90 Å². The molecule has 0 spiro atoms. The summed E-state index contributed by atoms with van der Waals surface area (Å²) >= 11 is 0. The molecule has 1 atom stereocenters. The van der Waals surface area contributed by atoms with Crippen molar-refractivity contribution in [3.63, 3.8) is 0 Å². The fraction of sp³-hybridized carbons (Fsp3) is 0.278. The number of anilines is 1. The van der Waals surface area contributed by atoms with Crippen LogP contribution >= 0.6 is 0 Å². The van der Waals surface area contributed by atoms with Gasteiger partial charge in [-0.2, -0.15) is 0 Å². The maximum atomic E-state index is 12.6. The predicted octanol–water partition coefficient (Wildman–Crippen LogP) is 2.06. The van der Waals surface area contributed by atoms with Gasteiger partial charge in [-0.1, -0.05) is 48.5 Å². The number of hydrogen-bond donors (Lipinski definition) is 0. The van der Waals surface area contributed by atoms with E-state index in [0.29, 0.717) is 6.54 Å². The number of fused-ring (bicyclic) bond motifs is 1. The molecule has 2 aromatic rings. The smallest absolute Gasteiger partial charge is 0.243 e. The SMILES string of the molecule is CN(C)S(=O)(=O)CC(=O)N1C[C@@H](c2ccccc2)c2ccccc21. The second-order valence-corrected chi connectivity index (χ2v) is 8.25. The van der Waals surface area contributed by atoms with Gasteiger partial charge in [-0.15, -0.1) is 0 Å². The summed E-state index contributed by atoms with van der Waals surface area (Å²) in [6, 6.07) is 17.7. The van der Waals surface area contributed by atoms with Crippen molar-refractivity contribution in [3.05, 3.63) is 65.7 Å². The van der Waals surface area contributed by atoms with Crippen molar-refractivity contribution in [2.45, 2.75) is 5.92 Å². The zero-order valence-corrected chi connectivity index (χ0v) is 14.5. The van der Waals surface area contributed by atoms with Crippen molar-refractivity contribution in [2.75, 3.05) is 31.3 Å². The summed E-state index contributed by atoms with van der Waals surface area (Å²) in [6.07, 6.45) is 0. The zero-order chi connectivity index (χ0) is 17.3. The Morgan fingerprint density at radius 2 is 1.71 bits per heavy atom. The Bertz CT molecular complexity index is 848. The Hall–Kier alpha value is -2.18. The lowest BCUT2D eigenvalue weighted by Gasteiger charge is -2.19. The Morgan fingerprint density at radius 3 is 2.38 bits per heavy atom. The van der Waals surface area contributed by atoms with Gasteiger partial charge in [0.05, 0.1) is 0 Å². The van der Waals surface area contributed by atoms with Crippen molar-refractivity contribution in [1.29, 1.82) is 0 Å². The van der Waals surface area contributed by atoms with E-state index in [4.69, 9.17) is 0 Å². The maximum absolute atomic E-state index is 12.6. The highest BCUT2D eigenvalue weighted by Gasteiger charge is 2.34. The molecule has 0 radical (unpaired) electrons. The number of hydrogen-bond acceptors (Lipinski definition) is 3. The van der Waals surface area contributed by atoms with Crippen LogP contribution in [0.5, 0.6) is 0 Å². The highest BCUT2D eigenvalue weighted by molar-refractivity contribution is 7.89. The molecule has 0 bridgehead atoms. The standard InChI is InChI=1S/C18H20N2O3S/c1-19(2)24(22,23)13-18(21)20-12-16(14-8-4-3-5-9-14)15-10-6-7-11-17(15)20/h3-11,16H,12-13H2,1-2H3/t16-/m0/s1. The van der Waals surface area contributed by atoms with Crippen molar-refractivity contribution < 1.29 is 13.2 Å². The third kappa shape index (κ3) is 3.07. The van der Waals surface area contributed by atoms with Crippen molar-refractivity contribution in [2.24, 2.45) is 0 Å². The first kappa shape index (κ1) is 16.7. The predicted molar refractivity (Wildman–Crippen MR) is 94.6 cm³/mol. The van der Waals surface area contributed by atoms with Gasteiger partial charge in [0, 0.05) is 32.2 Å². The molecule has 0 aromatic heterocycles. The third-order valence-electron chi connectivity index (χ3n) is 4.33. The van der Waals surface area contributed by atoms with Crippen LogP contribution in [0.25, 0.3) is 0 Å². The average molecular weight is 344 g/mol. The average Bonchev–Trinajstić information content (AvgIpc) is 2.95. The van der Waals surface area contributed by atoms with Gasteiger partial charge in [0.15, 0.2) is 0 Å². The first-order valence-corrected chi connectivity index (χ1v) is 9.35. The molecule has 2 aromatic carbocycles. The van der Waals surface area contributed by atoms with Crippen LogP contribution in [0, 0.1) is 0 Å². The Balaban J connectivity index is 1.93. The van der Waals surface area contributed by atoms with Crippen LogP contribution in [0.3, 0.4) is 0 Å². The van der Waals surface area contributed by atoms with Crippen LogP contribution in [0.1, 0.15) is 17.0 Å². The summed E-state index contributed by atoms with van der Waals surface area (Å²) in [5.74, 6) is -0.849. The second kappa shape index (κ2) is 6.37. The van der Waals surface area contributed by atoms with E-state index in [9.17, 15) is 13.2 Å². The number of nitrogens with zero attached hydrogens (tertiary/aromatic N) is 2. The Morgan fingerprint density at radius 1 is 1.08 bits per heavy atom. The zero-order valence-electron chi connectivity index (χ0n) is 13.7. The van der Waals surface area contributed by atoms with Crippen LogP contribution in [0.4, 0.5) is 5.69 Å². The van der Waals surface area contributed by atoms with Crippen molar-refractivity contribution in [3.8, 4) is 0 Å². The number of amides is 1. The highest BCUT2D eigenvalue weighted by Crippen LogP contribution is 2.40. The first-order valence-electron chi connectivity index (χ1n) is 7.74. The molecule has 126 valence electrons. The highest BCUT2D eigenvalue weighted by atomic mass is 32.2. The molecule has 0 N–H and O–H groups in total. The molecule has 24 heavy (non-hydrogen) atoms. The van der Waals surface area contributed by atoms with Crippen LogP contribution in [-0.2, 0) is 14.8 Å². The van der Waals surface area contributed by atoms with E-state index in [2.05, 4.69) is 0 Å². The number of benzene rings is 2. The largest absolute Gasteiger partial charge is 0.310 e. The number of carbonyl (C=O) groups excluding carboxylic acids is 1. The van der Waals surface area contributed by atoms with E-state index in [-0.39, 0.29) is 5.92 Å². The molecule has 1 aliphatic rings. The van der Waals surface area contributed by atoms with E-state index in [1.165, 1.54) is 14.1 Å². The summed E-state index contributed by atoms with van der Waals surface area (Å²) in [5.41, 5.74) is 2.97. The molecule has 6 heteroatoms. The van der Waals surface area contributed by atoms with E-state index < -0.39 is 21.7 Å². The third-order valence-corrected chi connectivity index (χ3v) is 6.06. The van der Waals surface area contributed by atoms with Gasteiger partial charge in [0.2, 0.25) is 15.9 Å². The number of sulfonamides is 1. The molecule has 1 amide bonds. The first-order chi connectivity index (χ1) is 11.4. The van der Waals surface area contributed by atoms with E-state index in [1.54, 1.807) is 4.90 Å². The van der Waals surface area contributed by atoms with Gasteiger partial charge in [-0.3, -0.25) is 4.79 Å². The summed E-state index contributed by atoms with van der Waals surface area (Å²) in [5, 5.41) is 0. The summed E-state index contributed by atoms with van der Waals surface area (Å²) < 4.78 is 25.2. The molecule has 0 fully saturated rings. The van der Waals surface area contributed by atoms with Gasteiger partial charge >= 0.3 is 0 Å². The molecule has 0 aliphatic carbocycles. The van der Waals surface area contributed by atoms with Gasteiger partial charge in [-0.05, 0) is 17.2 Å². The molecule has 3 rings (SSSR count). The lowest BCUT2D eigenvalue weighted by molar-refractivity contribution is -0.116. The van der Waals surface area contributed by atoms with Crippen molar-refractivity contribution >= 4 is 21.6 Å². The second-order valence-electron chi connectivity index (χ2n) is 6.07. The molecule has 0 unspecified atom stereocenters. The minimum atomic E-state index is -3.58. The van der Waals surface area contributed by atoms with Gasteiger partial charge in [0.1, 0.15) is 5.75 Å². The van der Waals surface area contributed by atoms with Gasteiger partial charge in [-0.25, -0.2) is 12.7 Å². The van der Waals surface area contributed by atoms with Crippen LogP contribution in [0.2, 0.25) is 0 Å². The quantitative estimate of drug-likeness (QED) is 0.853. The number of para-hydroxylation sites is 1. The number of rotatable bonds is 4. The minimum Gasteiger partial charge on any atom is -0.310 e. The van der Waals surface area contributed by atoms with Gasteiger partial charge < -0.3 is 4.90 Å². The normalized spacial score (nSPS) is 17.1. The summed E-state index contributed by atoms with van der Waals surface area (Å²) in [4.78, 5) is 14.2. The maximum Gasteiger partial charge on any atom is 0.243 e. The van der Waals surface area contributed by atoms with Crippen LogP contribution in [-0.4, -0.2) is 45.0 Å². The molecular weight excluding hydrogens is 324 g/mol. The Kier molecular flexibility index (Phi) is 4.43. The lowest BCUT2D eigenvalue weighted by atomic mass is 9.93. The molecule has 5 nitrogen and oxygen atoms in total.